The first kappa shape index (κ1) is 7.39. The highest BCUT2D eigenvalue weighted by atomic mass is 16.5. The average molecular weight is 119 g/mol. The van der Waals surface area contributed by atoms with Crippen molar-refractivity contribution in [2.24, 2.45) is 5.73 Å². The van der Waals surface area contributed by atoms with Crippen LogP contribution in [0.4, 0.5) is 0 Å². The van der Waals surface area contributed by atoms with E-state index in [1.54, 1.807) is 0 Å². The number of ether oxygens (including phenoxy) is 1. The van der Waals surface area contributed by atoms with E-state index in [1.807, 2.05) is 0 Å². The van der Waals surface area contributed by atoms with Gasteiger partial charge in [-0.1, -0.05) is 0 Å². The molecular weight excluding hydrogens is 110 g/mol. The summed E-state index contributed by atoms with van der Waals surface area (Å²) >= 11 is 0. The Morgan fingerprint density at radius 3 is 2.62 bits per heavy atom. The molecule has 0 aliphatic rings. The monoisotopic (exact) mass is 119 g/mol. The normalized spacial score (nSPS) is 13.2. The Bertz CT molecular complexity index is 83.4. The van der Waals surface area contributed by atoms with E-state index >= 15 is 0 Å². The standard InChI is InChI=1S/C4H9NO3/c1-8-2-3(6)4(5)7/h3,6H,2H2,1H3,(H2,5,7). The lowest BCUT2D eigenvalue weighted by molar-refractivity contribution is -0.128. The van der Waals surface area contributed by atoms with Gasteiger partial charge >= 0.3 is 0 Å². The number of carbonyl (C=O) groups is 1. The van der Waals surface area contributed by atoms with Crippen molar-refractivity contribution in [2.75, 3.05) is 13.7 Å². The lowest BCUT2D eigenvalue weighted by Gasteiger charge is -2.01. The van der Waals surface area contributed by atoms with Gasteiger partial charge in [-0.15, -0.1) is 0 Å². The quantitative estimate of drug-likeness (QED) is 0.474. The van der Waals surface area contributed by atoms with Gasteiger partial charge in [-0.3, -0.25) is 4.79 Å². The Morgan fingerprint density at radius 1 is 2.00 bits per heavy atom. The molecule has 0 saturated carbocycles. The minimum Gasteiger partial charge on any atom is -0.381 e. The molecule has 0 aliphatic heterocycles. The maximum absolute atomic E-state index is 9.98. The van der Waals surface area contributed by atoms with Gasteiger partial charge in [-0.05, 0) is 0 Å². The van der Waals surface area contributed by atoms with Gasteiger partial charge in [0.25, 0.3) is 0 Å². The number of amides is 1. The van der Waals surface area contributed by atoms with Crippen LogP contribution in [0, 0.1) is 0 Å². The fourth-order valence-corrected chi connectivity index (χ4v) is 0.240. The van der Waals surface area contributed by atoms with Crippen molar-refractivity contribution in [3.05, 3.63) is 0 Å². The van der Waals surface area contributed by atoms with Crippen LogP contribution in [0.2, 0.25) is 0 Å². The molecule has 4 heteroatoms. The summed E-state index contributed by atoms with van der Waals surface area (Å²) in [7, 11) is 1.38. The van der Waals surface area contributed by atoms with Gasteiger partial charge in [0.05, 0.1) is 6.61 Å². The molecule has 3 N–H and O–H groups in total. The van der Waals surface area contributed by atoms with E-state index in [0.29, 0.717) is 0 Å². The molecular formula is C4H9NO3. The molecule has 4 nitrogen and oxygen atoms in total. The number of methoxy groups -OCH3 is 1. The van der Waals surface area contributed by atoms with E-state index < -0.39 is 12.0 Å². The number of rotatable bonds is 3. The highest BCUT2D eigenvalue weighted by Crippen LogP contribution is 1.78. The molecule has 0 aromatic heterocycles. The molecule has 0 aromatic rings. The van der Waals surface area contributed by atoms with E-state index in [0.717, 1.165) is 0 Å². The number of aliphatic hydroxyl groups excluding tert-OH is 1. The van der Waals surface area contributed by atoms with Gasteiger partial charge in [0.15, 0.2) is 6.10 Å². The first-order valence-corrected chi connectivity index (χ1v) is 2.14. The molecule has 0 fully saturated rings. The molecule has 0 radical (unpaired) electrons. The van der Waals surface area contributed by atoms with Crippen LogP contribution in [0.15, 0.2) is 0 Å². The Labute approximate surface area is 47.2 Å². The zero-order chi connectivity index (χ0) is 6.57. The SMILES string of the molecule is COCC(O)C(N)=O. The molecule has 0 rings (SSSR count). The van der Waals surface area contributed by atoms with Crippen LogP contribution in [0.1, 0.15) is 0 Å². The van der Waals surface area contributed by atoms with Gasteiger partial charge in [-0.25, -0.2) is 0 Å². The maximum Gasteiger partial charge on any atom is 0.248 e. The lowest BCUT2D eigenvalue weighted by atomic mass is 10.4. The third-order valence-corrected chi connectivity index (χ3v) is 0.653. The third kappa shape index (κ3) is 2.54. The van der Waals surface area contributed by atoms with Crippen molar-refractivity contribution in [3.8, 4) is 0 Å². The highest BCUT2D eigenvalue weighted by molar-refractivity contribution is 5.78. The molecule has 1 unspecified atom stereocenters. The second kappa shape index (κ2) is 3.40. The van der Waals surface area contributed by atoms with Crippen LogP contribution >= 0.6 is 0 Å². The first-order chi connectivity index (χ1) is 3.68. The molecule has 0 spiro atoms. The van der Waals surface area contributed by atoms with E-state index in [-0.39, 0.29) is 6.61 Å². The lowest BCUT2D eigenvalue weighted by Crippen LogP contribution is -2.31. The second-order valence-corrected chi connectivity index (χ2v) is 1.37. The van der Waals surface area contributed by atoms with Crippen molar-refractivity contribution >= 4 is 5.91 Å². The highest BCUT2D eigenvalue weighted by Gasteiger charge is 2.07. The number of aliphatic hydroxyl groups is 1. The van der Waals surface area contributed by atoms with Gasteiger partial charge in [0.1, 0.15) is 0 Å². The van der Waals surface area contributed by atoms with Crippen LogP contribution < -0.4 is 5.73 Å². The molecule has 0 saturated heterocycles. The minimum absolute atomic E-state index is 0.0324. The summed E-state index contributed by atoms with van der Waals surface area (Å²) in [4.78, 5) is 9.98. The zero-order valence-electron chi connectivity index (χ0n) is 4.63. The molecule has 0 aliphatic carbocycles. The van der Waals surface area contributed by atoms with Crippen LogP contribution in [-0.4, -0.2) is 30.8 Å². The molecule has 0 aromatic carbocycles. The van der Waals surface area contributed by atoms with Gasteiger partial charge in [-0.2, -0.15) is 0 Å². The Hall–Kier alpha value is -0.610. The predicted molar refractivity (Wildman–Crippen MR) is 27.1 cm³/mol. The summed E-state index contributed by atoms with van der Waals surface area (Å²) in [5.74, 6) is -0.758. The van der Waals surface area contributed by atoms with Crippen molar-refractivity contribution in [2.45, 2.75) is 6.10 Å². The van der Waals surface area contributed by atoms with Crippen molar-refractivity contribution < 1.29 is 14.6 Å². The Morgan fingerprint density at radius 2 is 2.50 bits per heavy atom. The van der Waals surface area contributed by atoms with Crippen LogP contribution in [0.5, 0.6) is 0 Å². The predicted octanol–water partition coefficient (Wildman–Crippen LogP) is -1.52. The number of carbonyl (C=O) groups excluding carboxylic acids is 1. The molecule has 8 heavy (non-hydrogen) atoms. The van der Waals surface area contributed by atoms with Crippen molar-refractivity contribution in [3.63, 3.8) is 0 Å². The molecule has 1 atom stereocenters. The van der Waals surface area contributed by atoms with E-state index in [2.05, 4.69) is 10.5 Å². The summed E-state index contributed by atoms with van der Waals surface area (Å²) in [5.41, 5.74) is 4.65. The Kier molecular flexibility index (Phi) is 3.14. The summed E-state index contributed by atoms with van der Waals surface area (Å²) in [6.07, 6.45) is -1.17. The second-order valence-electron chi connectivity index (χ2n) is 1.37. The van der Waals surface area contributed by atoms with Crippen molar-refractivity contribution in [1.29, 1.82) is 0 Å². The van der Waals surface area contributed by atoms with Gasteiger partial charge < -0.3 is 15.6 Å². The maximum atomic E-state index is 9.98. The number of primary amides is 1. The zero-order valence-corrected chi connectivity index (χ0v) is 4.63. The number of hydrogen-bond donors (Lipinski definition) is 2. The Balaban J connectivity index is 3.32. The fraction of sp³-hybridized carbons (Fsp3) is 0.750. The topological polar surface area (TPSA) is 72.6 Å². The summed E-state index contributed by atoms with van der Waals surface area (Å²) in [5, 5.41) is 8.53. The number of hydrogen-bond acceptors (Lipinski definition) is 3. The van der Waals surface area contributed by atoms with Crippen LogP contribution in [0.25, 0.3) is 0 Å². The van der Waals surface area contributed by atoms with Crippen LogP contribution in [-0.2, 0) is 9.53 Å². The van der Waals surface area contributed by atoms with Gasteiger partial charge in [0, 0.05) is 7.11 Å². The largest absolute Gasteiger partial charge is 0.381 e. The smallest absolute Gasteiger partial charge is 0.248 e. The van der Waals surface area contributed by atoms with Crippen molar-refractivity contribution in [1.82, 2.24) is 0 Å². The number of nitrogens with two attached hydrogens (primary N) is 1. The van der Waals surface area contributed by atoms with Crippen LogP contribution in [0.3, 0.4) is 0 Å². The summed E-state index contributed by atoms with van der Waals surface area (Å²) in [6.45, 7) is -0.0324. The fourth-order valence-electron chi connectivity index (χ4n) is 0.240. The molecule has 1 amide bonds. The summed E-state index contributed by atoms with van der Waals surface area (Å²) < 4.78 is 4.41. The minimum atomic E-state index is -1.17. The summed E-state index contributed by atoms with van der Waals surface area (Å²) in [6, 6.07) is 0. The third-order valence-electron chi connectivity index (χ3n) is 0.653. The molecule has 0 bridgehead atoms. The van der Waals surface area contributed by atoms with E-state index in [9.17, 15) is 4.79 Å². The molecule has 0 heterocycles. The molecule has 48 valence electrons. The van der Waals surface area contributed by atoms with E-state index in [1.165, 1.54) is 7.11 Å². The van der Waals surface area contributed by atoms with Gasteiger partial charge in [0.2, 0.25) is 5.91 Å². The van der Waals surface area contributed by atoms with E-state index in [4.69, 9.17) is 5.11 Å². The first-order valence-electron chi connectivity index (χ1n) is 2.14. The average Bonchev–Trinajstić information content (AvgIpc) is 1.67.